The Morgan fingerprint density at radius 3 is 1.39 bits per heavy atom. The van der Waals surface area contributed by atoms with Crippen LogP contribution in [-0.2, 0) is 9.47 Å². The van der Waals surface area contributed by atoms with Crippen molar-refractivity contribution >= 4 is 26.3 Å². The predicted octanol–water partition coefficient (Wildman–Crippen LogP) is 0.718. The number of hydrogen-bond acceptors (Lipinski definition) is 4. The number of aliphatic hydroxyl groups is 2. The van der Waals surface area contributed by atoms with Crippen molar-refractivity contribution < 1.29 is 19.7 Å². The van der Waals surface area contributed by atoms with Crippen LogP contribution in [0.4, 0.5) is 0 Å². The van der Waals surface area contributed by atoms with Gasteiger partial charge in [-0.1, -0.05) is 0 Å². The van der Waals surface area contributed by atoms with Crippen LogP contribution in [0, 0.1) is 0 Å². The number of hydrogen-bond donors (Lipinski definition) is 2. The molecule has 2 unspecified atom stereocenters. The van der Waals surface area contributed by atoms with Crippen LogP contribution in [0.5, 0.6) is 0 Å². The van der Waals surface area contributed by atoms with E-state index < -0.39 is 0 Å². The van der Waals surface area contributed by atoms with E-state index in [0.29, 0.717) is 39.5 Å². The van der Waals surface area contributed by atoms with Gasteiger partial charge in [-0.2, -0.15) is 0 Å². The first-order chi connectivity index (χ1) is 8.41. The van der Waals surface area contributed by atoms with Crippen LogP contribution in [0.3, 0.4) is 0 Å². The molecule has 4 nitrogen and oxygen atoms in total. The van der Waals surface area contributed by atoms with Crippen molar-refractivity contribution in [3.63, 3.8) is 0 Å². The summed E-state index contributed by atoms with van der Waals surface area (Å²) < 4.78 is 10.7. The average molecular weight is 392 g/mol. The molecule has 0 fully saturated rings. The Bertz CT molecular complexity index is 171. The van der Waals surface area contributed by atoms with Crippen molar-refractivity contribution in [2.45, 2.75) is 62.7 Å². The predicted molar refractivity (Wildman–Crippen MR) is 75.3 cm³/mol. The van der Waals surface area contributed by atoms with E-state index in [-0.39, 0.29) is 24.4 Å². The summed E-state index contributed by atoms with van der Waals surface area (Å²) in [6.45, 7) is 8.71. The molecule has 0 spiro atoms. The standard InChI is InChI=1S/C12H26O4Se2/c1-9(2)15-5-11(13)7-17-18-8-12(14)6-16-10(3)4/h9-14H,5-8H2,1-4H3. The first-order valence-electron chi connectivity index (χ1n) is 6.25. The Labute approximate surface area is 122 Å². The molecule has 0 heterocycles. The van der Waals surface area contributed by atoms with Gasteiger partial charge >= 0.3 is 122 Å². The second-order valence-electron chi connectivity index (χ2n) is 4.64. The molecule has 6 heteroatoms. The minimum absolute atomic E-state index is 0.174. The van der Waals surface area contributed by atoms with Crippen LogP contribution in [0.15, 0.2) is 0 Å². The topological polar surface area (TPSA) is 58.9 Å². The van der Waals surface area contributed by atoms with Gasteiger partial charge in [0, 0.05) is 0 Å². The van der Waals surface area contributed by atoms with Gasteiger partial charge in [0.15, 0.2) is 0 Å². The maximum absolute atomic E-state index is 9.65. The van der Waals surface area contributed by atoms with Gasteiger partial charge < -0.3 is 0 Å². The second kappa shape index (κ2) is 11.7. The van der Waals surface area contributed by atoms with Crippen LogP contribution < -0.4 is 0 Å². The summed E-state index contributed by atoms with van der Waals surface area (Å²) in [5.74, 6) is 0. The van der Waals surface area contributed by atoms with Crippen LogP contribution in [0.25, 0.3) is 0 Å². The summed E-state index contributed by atoms with van der Waals surface area (Å²) in [5.41, 5.74) is 0. The monoisotopic (exact) mass is 394 g/mol. The van der Waals surface area contributed by atoms with E-state index in [9.17, 15) is 10.2 Å². The summed E-state index contributed by atoms with van der Waals surface area (Å²) in [7, 11) is 0. The molecule has 0 amide bonds. The maximum atomic E-state index is 9.65. The normalized spacial score (nSPS) is 15.3. The van der Waals surface area contributed by atoms with Crippen molar-refractivity contribution in [1.29, 1.82) is 0 Å². The number of ether oxygens (including phenoxy) is 2. The number of rotatable bonds is 11. The molecule has 0 aromatic carbocycles. The van der Waals surface area contributed by atoms with Crippen molar-refractivity contribution in [2.24, 2.45) is 0 Å². The van der Waals surface area contributed by atoms with Crippen molar-refractivity contribution in [2.75, 3.05) is 13.2 Å². The van der Waals surface area contributed by atoms with E-state index >= 15 is 0 Å². The van der Waals surface area contributed by atoms with Gasteiger partial charge in [0.05, 0.1) is 0 Å². The van der Waals surface area contributed by atoms with Gasteiger partial charge in [-0.05, 0) is 0 Å². The Morgan fingerprint density at radius 2 is 1.11 bits per heavy atom. The van der Waals surface area contributed by atoms with Gasteiger partial charge in [-0.25, -0.2) is 0 Å². The van der Waals surface area contributed by atoms with E-state index in [1.807, 2.05) is 27.7 Å². The van der Waals surface area contributed by atoms with Gasteiger partial charge in [0.1, 0.15) is 0 Å². The van der Waals surface area contributed by atoms with Crippen LogP contribution >= 0.6 is 0 Å². The molecule has 0 aliphatic heterocycles. The Balaban J connectivity index is 3.37. The number of aliphatic hydroxyl groups excluding tert-OH is 2. The summed E-state index contributed by atoms with van der Waals surface area (Å²) in [6.07, 6.45) is -0.350. The zero-order valence-electron chi connectivity index (χ0n) is 11.7. The van der Waals surface area contributed by atoms with Gasteiger partial charge in [-0.15, -0.1) is 0 Å². The fraction of sp³-hybridized carbons (Fsp3) is 1.00. The fourth-order valence-electron chi connectivity index (χ4n) is 0.957. The molecular formula is C12H26O4Se2. The quantitative estimate of drug-likeness (QED) is 0.402. The zero-order valence-corrected chi connectivity index (χ0v) is 15.1. The first-order valence-corrected chi connectivity index (χ1v) is 13.0. The molecule has 0 aliphatic rings. The van der Waals surface area contributed by atoms with E-state index in [1.54, 1.807) is 0 Å². The van der Waals surface area contributed by atoms with E-state index in [0.717, 1.165) is 10.6 Å². The van der Waals surface area contributed by atoms with Crippen molar-refractivity contribution in [1.82, 2.24) is 0 Å². The second-order valence-corrected chi connectivity index (χ2v) is 12.2. The van der Waals surface area contributed by atoms with Crippen molar-refractivity contribution in [3.8, 4) is 0 Å². The van der Waals surface area contributed by atoms with Gasteiger partial charge in [0.25, 0.3) is 0 Å². The summed E-state index contributed by atoms with van der Waals surface area (Å²) >= 11 is 0.844. The zero-order chi connectivity index (χ0) is 14.0. The summed E-state index contributed by atoms with van der Waals surface area (Å²) in [4.78, 5) is 0. The SMILES string of the molecule is CC(C)OCC(O)C[Se][Se]CC(O)COC(C)C. The molecule has 0 radical (unpaired) electrons. The third-order valence-electron chi connectivity index (χ3n) is 1.85. The summed E-state index contributed by atoms with van der Waals surface area (Å²) in [6, 6.07) is 0. The van der Waals surface area contributed by atoms with Crippen LogP contribution in [-0.4, -0.2) is 74.1 Å². The molecule has 0 rings (SSSR count). The van der Waals surface area contributed by atoms with E-state index in [2.05, 4.69) is 0 Å². The molecular weight excluding hydrogens is 366 g/mol. The third kappa shape index (κ3) is 13.3. The molecule has 18 heavy (non-hydrogen) atoms. The van der Waals surface area contributed by atoms with Crippen LogP contribution in [0.1, 0.15) is 27.7 Å². The van der Waals surface area contributed by atoms with Gasteiger partial charge in [-0.3, -0.25) is 0 Å². The fourth-order valence-corrected chi connectivity index (χ4v) is 7.95. The van der Waals surface area contributed by atoms with E-state index in [1.165, 1.54) is 0 Å². The van der Waals surface area contributed by atoms with Crippen molar-refractivity contribution in [3.05, 3.63) is 0 Å². The molecule has 2 atom stereocenters. The molecule has 0 saturated carbocycles. The Hall–Kier alpha value is 0.879. The first kappa shape index (κ1) is 18.9. The van der Waals surface area contributed by atoms with Gasteiger partial charge in [0.2, 0.25) is 0 Å². The third-order valence-corrected chi connectivity index (χ3v) is 9.17. The average Bonchev–Trinajstić information content (AvgIpc) is 2.29. The molecule has 2 N–H and O–H groups in total. The Morgan fingerprint density at radius 1 is 0.778 bits per heavy atom. The summed E-state index contributed by atoms with van der Waals surface area (Å²) in [5, 5.41) is 20.9. The molecule has 0 aliphatic carbocycles. The van der Waals surface area contributed by atoms with E-state index in [4.69, 9.17) is 9.47 Å². The Kier molecular flexibility index (Phi) is 12.3. The minimum atomic E-state index is -0.349. The molecule has 110 valence electrons. The molecule has 0 saturated heterocycles. The molecule has 0 aromatic heterocycles. The van der Waals surface area contributed by atoms with Crippen LogP contribution in [0.2, 0.25) is 10.6 Å². The molecule has 0 aromatic rings. The molecule has 0 bridgehead atoms.